The summed E-state index contributed by atoms with van der Waals surface area (Å²) in [5.41, 5.74) is 1.98. The number of benzene rings is 1. The van der Waals surface area contributed by atoms with Crippen molar-refractivity contribution in [3.05, 3.63) is 36.0 Å². The van der Waals surface area contributed by atoms with Crippen molar-refractivity contribution in [1.82, 2.24) is 14.9 Å². The Kier molecular flexibility index (Phi) is 5.95. The predicted octanol–water partition coefficient (Wildman–Crippen LogP) is 2.82. The zero-order valence-corrected chi connectivity index (χ0v) is 15.9. The first-order valence-corrected chi connectivity index (χ1v) is 9.02. The van der Waals surface area contributed by atoms with Gasteiger partial charge in [0.15, 0.2) is 0 Å². The molecule has 2 heterocycles. The van der Waals surface area contributed by atoms with Crippen LogP contribution in [0.4, 0.5) is 22.2 Å². The largest absolute Gasteiger partial charge is 0.495 e. The first kappa shape index (κ1) is 18.8. The van der Waals surface area contributed by atoms with E-state index in [0.29, 0.717) is 44.6 Å². The maximum Gasteiger partial charge on any atom is 0.409 e. The zero-order valence-electron chi connectivity index (χ0n) is 15.9. The van der Waals surface area contributed by atoms with E-state index in [1.165, 1.54) is 0 Å². The lowest BCUT2D eigenvalue weighted by atomic mass is 10.2. The number of carbonyl (C=O) groups is 1. The average molecular weight is 371 g/mol. The van der Waals surface area contributed by atoms with Gasteiger partial charge in [0.25, 0.3) is 0 Å². The van der Waals surface area contributed by atoms with Gasteiger partial charge in [-0.2, -0.15) is 4.98 Å². The molecular weight excluding hydrogens is 346 g/mol. The Hall–Kier alpha value is -3.03. The van der Waals surface area contributed by atoms with E-state index >= 15 is 0 Å². The van der Waals surface area contributed by atoms with Gasteiger partial charge in [0, 0.05) is 32.4 Å². The van der Waals surface area contributed by atoms with Crippen LogP contribution in [-0.2, 0) is 4.74 Å². The molecule has 1 fully saturated rings. The fourth-order valence-corrected chi connectivity index (χ4v) is 2.93. The Morgan fingerprint density at radius 3 is 2.70 bits per heavy atom. The van der Waals surface area contributed by atoms with Crippen LogP contribution >= 0.6 is 0 Å². The highest BCUT2D eigenvalue weighted by Crippen LogP contribution is 2.28. The summed E-state index contributed by atoms with van der Waals surface area (Å²) in [6.45, 7) is 6.73. The molecule has 0 atom stereocenters. The molecule has 0 radical (unpaired) electrons. The molecule has 1 saturated heterocycles. The number of aryl methyl sites for hydroxylation is 1. The van der Waals surface area contributed by atoms with Crippen molar-refractivity contribution in [2.45, 2.75) is 13.8 Å². The van der Waals surface area contributed by atoms with Gasteiger partial charge in [-0.05, 0) is 37.6 Å². The van der Waals surface area contributed by atoms with Crippen molar-refractivity contribution in [3.8, 4) is 5.75 Å². The van der Waals surface area contributed by atoms with Crippen molar-refractivity contribution >= 4 is 23.5 Å². The van der Waals surface area contributed by atoms with Crippen LogP contribution < -0.4 is 15.0 Å². The highest BCUT2D eigenvalue weighted by molar-refractivity contribution is 5.68. The number of rotatable bonds is 5. The molecule has 8 heteroatoms. The minimum atomic E-state index is -0.264. The summed E-state index contributed by atoms with van der Waals surface area (Å²) in [4.78, 5) is 24.6. The van der Waals surface area contributed by atoms with Crippen LogP contribution in [0, 0.1) is 6.92 Å². The standard InChI is InChI=1S/C19H25N5O3/c1-4-27-19(25)24-11-9-23(10-12-24)18-20-8-7-17(22-18)21-15-13-14(2)5-6-16(15)26-3/h5-8,13H,4,9-12H2,1-3H3,(H,20,21,22). The first-order chi connectivity index (χ1) is 13.1. The number of nitrogens with one attached hydrogen (secondary N) is 1. The summed E-state index contributed by atoms with van der Waals surface area (Å²) in [5.74, 6) is 2.08. The molecule has 144 valence electrons. The minimum absolute atomic E-state index is 0.264. The van der Waals surface area contributed by atoms with Gasteiger partial charge in [0.1, 0.15) is 11.6 Å². The SMILES string of the molecule is CCOC(=O)N1CCN(c2nccc(Nc3cc(C)ccc3OC)n2)CC1. The summed E-state index contributed by atoms with van der Waals surface area (Å²) in [7, 11) is 1.64. The number of ether oxygens (including phenoxy) is 2. The van der Waals surface area contributed by atoms with Crippen molar-refractivity contribution in [2.75, 3.05) is 50.1 Å². The van der Waals surface area contributed by atoms with Crippen molar-refractivity contribution < 1.29 is 14.3 Å². The van der Waals surface area contributed by atoms with E-state index in [1.54, 1.807) is 18.2 Å². The van der Waals surface area contributed by atoms with E-state index < -0.39 is 0 Å². The van der Waals surface area contributed by atoms with Crippen LogP contribution in [0.2, 0.25) is 0 Å². The molecule has 1 amide bonds. The van der Waals surface area contributed by atoms with Crippen molar-refractivity contribution in [3.63, 3.8) is 0 Å². The van der Waals surface area contributed by atoms with Crippen LogP contribution in [0.15, 0.2) is 30.5 Å². The number of hydrogen-bond donors (Lipinski definition) is 1. The van der Waals surface area contributed by atoms with Gasteiger partial charge in [-0.25, -0.2) is 9.78 Å². The number of hydrogen-bond acceptors (Lipinski definition) is 7. The third kappa shape index (κ3) is 4.58. The maximum absolute atomic E-state index is 11.8. The monoisotopic (exact) mass is 371 g/mol. The van der Waals surface area contributed by atoms with Gasteiger partial charge in [-0.15, -0.1) is 0 Å². The maximum atomic E-state index is 11.8. The molecule has 0 bridgehead atoms. The van der Waals surface area contributed by atoms with E-state index in [2.05, 4.69) is 20.2 Å². The second-order valence-electron chi connectivity index (χ2n) is 6.24. The van der Waals surface area contributed by atoms with Crippen LogP contribution in [0.3, 0.4) is 0 Å². The van der Waals surface area contributed by atoms with Crippen LogP contribution in [0.25, 0.3) is 0 Å². The van der Waals surface area contributed by atoms with Crippen molar-refractivity contribution in [2.24, 2.45) is 0 Å². The van der Waals surface area contributed by atoms with E-state index in [9.17, 15) is 4.79 Å². The van der Waals surface area contributed by atoms with E-state index in [4.69, 9.17) is 9.47 Å². The van der Waals surface area contributed by atoms with Gasteiger partial charge in [0.2, 0.25) is 5.95 Å². The fraction of sp³-hybridized carbons (Fsp3) is 0.421. The number of methoxy groups -OCH3 is 1. The molecule has 8 nitrogen and oxygen atoms in total. The molecule has 0 unspecified atom stereocenters. The third-order valence-corrected chi connectivity index (χ3v) is 4.35. The highest BCUT2D eigenvalue weighted by atomic mass is 16.6. The van der Waals surface area contributed by atoms with E-state index in [1.807, 2.05) is 38.1 Å². The van der Waals surface area contributed by atoms with E-state index in [0.717, 1.165) is 17.0 Å². The topological polar surface area (TPSA) is 79.8 Å². The van der Waals surface area contributed by atoms with Gasteiger partial charge in [-0.3, -0.25) is 0 Å². The fourth-order valence-electron chi connectivity index (χ4n) is 2.93. The molecule has 0 saturated carbocycles. The van der Waals surface area contributed by atoms with Crippen LogP contribution in [0.1, 0.15) is 12.5 Å². The van der Waals surface area contributed by atoms with Gasteiger partial charge < -0.3 is 24.6 Å². The van der Waals surface area contributed by atoms with Crippen LogP contribution in [-0.4, -0.2) is 60.9 Å². The average Bonchev–Trinajstić information content (AvgIpc) is 2.69. The number of piperazine rings is 1. The molecule has 1 aliphatic heterocycles. The highest BCUT2D eigenvalue weighted by Gasteiger charge is 2.23. The molecular formula is C19H25N5O3. The molecule has 0 spiro atoms. The number of aromatic nitrogens is 2. The Morgan fingerprint density at radius 1 is 1.22 bits per heavy atom. The Bertz CT molecular complexity index is 791. The lowest BCUT2D eigenvalue weighted by molar-refractivity contribution is 0.105. The van der Waals surface area contributed by atoms with Gasteiger partial charge >= 0.3 is 6.09 Å². The molecule has 0 aliphatic carbocycles. The molecule has 3 rings (SSSR count). The summed E-state index contributed by atoms with van der Waals surface area (Å²) < 4.78 is 10.5. The molecule has 2 aromatic rings. The Morgan fingerprint density at radius 2 is 2.00 bits per heavy atom. The summed E-state index contributed by atoms with van der Waals surface area (Å²) in [6.07, 6.45) is 1.46. The molecule has 27 heavy (non-hydrogen) atoms. The summed E-state index contributed by atoms with van der Waals surface area (Å²) >= 11 is 0. The summed E-state index contributed by atoms with van der Waals surface area (Å²) in [6, 6.07) is 7.76. The molecule has 1 aliphatic rings. The first-order valence-electron chi connectivity index (χ1n) is 9.02. The molecule has 1 aromatic heterocycles. The molecule has 1 aromatic carbocycles. The quantitative estimate of drug-likeness (QED) is 0.866. The number of carbonyl (C=O) groups excluding carboxylic acids is 1. The second kappa shape index (κ2) is 8.57. The zero-order chi connectivity index (χ0) is 19.2. The smallest absolute Gasteiger partial charge is 0.409 e. The Labute approximate surface area is 159 Å². The van der Waals surface area contributed by atoms with Gasteiger partial charge in [0.05, 0.1) is 19.4 Å². The van der Waals surface area contributed by atoms with Gasteiger partial charge in [-0.1, -0.05) is 6.07 Å². The van der Waals surface area contributed by atoms with Crippen LogP contribution in [0.5, 0.6) is 5.75 Å². The number of nitrogens with zero attached hydrogens (tertiary/aromatic N) is 4. The predicted molar refractivity (Wildman–Crippen MR) is 104 cm³/mol. The lowest BCUT2D eigenvalue weighted by Gasteiger charge is -2.34. The molecule has 1 N–H and O–H groups in total. The summed E-state index contributed by atoms with van der Waals surface area (Å²) in [5, 5.41) is 3.30. The van der Waals surface area contributed by atoms with Crippen molar-refractivity contribution in [1.29, 1.82) is 0 Å². The normalized spacial score (nSPS) is 14.0. The number of amides is 1. The Balaban J connectivity index is 1.68. The minimum Gasteiger partial charge on any atom is -0.495 e. The number of anilines is 3. The lowest BCUT2D eigenvalue weighted by Crippen LogP contribution is -2.49. The third-order valence-electron chi connectivity index (χ3n) is 4.35. The second-order valence-corrected chi connectivity index (χ2v) is 6.24. The van der Waals surface area contributed by atoms with E-state index in [-0.39, 0.29) is 6.09 Å².